The Morgan fingerprint density at radius 1 is 1.03 bits per heavy atom. The number of hydrogen-bond donors (Lipinski definition) is 0. The van der Waals surface area contributed by atoms with Crippen LogP contribution in [0.25, 0.3) is 21.2 Å². The Balaban J connectivity index is 1.65. The second kappa shape index (κ2) is 7.02. The van der Waals surface area contributed by atoms with Gasteiger partial charge in [0.1, 0.15) is 5.58 Å². The van der Waals surface area contributed by atoms with Crippen LogP contribution in [0.2, 0.25) is 5.02 Å². The topological polar surface area (TPSA) is 63.4 Å². The lowest BCUT2D eigenvalue weighted by molar-refractivity contribution is 0.0971. The molecule has 0 unspecified atom stereocenters. The summed E-state index contributed by atoms with van der Waals surface area (Å²) in [4.78, 5) is 33.4. The molecule has 5 aromatic rings. The minimum absolute atomic E-state index is 0.0501. The summed E-state index contributed by atoms with van der Waals surface area (Å²) >= 11 is 7.69. The molecule has 3 heterocycles. The van der Waals surface area contributed by atoms with Crippen molar-refractivity contribution in [1.82, 2.24) is 4.98 Å². The van der Waals surface area contributed by atoms with E-state index in [1.165, 1.54) is 11.3 Å². The van der Waals surface area contributed by atoms with Crippen molar-refractivity contribution in [2.45, 2.75) is 13.0 Å². The van der Waals surface area contributed by atoms with Gasteiger partial charge in [-0.05, 0) is 54.4 Å². The molecule has 0 radical (unpaired) electrons. The van der Waals surface area contributed by atoms with E-state index in [1.807, 2.05) is 37.3 Å². The summed E-state index contributed by atoms with van der Waals surface area (Å²) in [5.41, 5.74) is 3.11. The van der Waals surface area contributed by atoms with E-state index in [1.54, 1.807) is 41.3 Å². The van der Waals surface area contributed by atoms with E-state index < -0.39 is 6.04 Å². The molecular weight excluding hydrogens is 444 g/mol. The SMILES string of the molecule is Cc1ccc2nc(N3C(=O)c4oc5ccccc5c(=O)c4[C@H]3c3cccc(Cl)c3)sc2c1. The molecule has 0 fully saturated rings. The van der Waals surface area contributed by atoms with Crippen molar-refractivity contribution in [3.63, 3.8) is 0 Å². The highest BCUT2D eigenvalue weighted by Crippen LogP contribution is 2.44. The van der Waals surface area contributed by atoms with Crippen LogP contribution >= 0.6 is 22.9 Å². The van der Waals surface area contributed by atoms with Gasteiger partial charge >= 0.3 is 0 Å². The predicted octanol–water partition coefficient (Wildman–Crippen LogP) is 6.11. The molecule has 32 heavy (non-hydrogen) atoms. The van der Waals surface area contributed by atoms with Crippen LogP contribution in [0.4, 0.5) is 5.13 Å². The highest BCUT2D eigenvalue weighted by Gasteiger charge is 2.45. The van der Waals surface area contributed by atoms with Gasteiger partial charge in [0.25, 0.3) is 5.91 Å². The summed E-state index contributed by atoms with van der Waals surface area (Å²) in [6.07, 6.45) is 0. The van der Waals surface area contributed by atoms with E-state index in [0.29, 0.717) is 26.7 Å². The largest absolute Gasteiger partial charge is 0.450 e. The van der Waals surface area contributed by atoms with Crippen molar-refractivity contribution in [2.75, 3.05) is 4.90 Å². The van der Waals surface area contributed by atoms with E-state index in [0.717, 1.165) is 21.3 Å². The minimum atomic E-state index is -0.682. The summed E-state index contributed by atoms with van der Waals surface area (Å²) in [7, 11) is 0. The summed E-state index contributed by atoms with van der Waals surface area (Å²) in [5, 5.41) is 1.47. The molecule has 0 saturated heterocycles. The number of benzene rings is 3. The number of carbonyl (C=O) groups is 1. The van der Waals surface area contributed by atoms with Gasteiger partial charge in [-0.2, -0.15) is 0 Å². The van der Waals surface area contributed by atoms with E-state index in [4.69, 9.17) is 21.0 Å². The third kappa shape index (κ3) is 2.80. The van der Waals surface area contributed by atoms with Gasteiger partial charge in [0.2, 0.25) is 5.76 Å². The lowest BCUT2D eigenvalue weighted by atomic mass is 9.99. The first kappa shape index (κ1) is 19.2. The molecule has 7 heteroatoms. The Bertz CT molecular complexity index is 1620. The van der Waals surface area contributed by atoms with Crippen molar-refractivity contribution >= 4 is 55.2 Å². The highest BCUT2D eigenvalue weighted by atomic mass is 35.5. The van der Waals surface area contributed by atoms with E-state index in [2.05, 4.69) is 0 Å². The third-order valence-electron chi connectivity index (χ3n) is 5.68. The van der Waals surface area contributed by atoms with Crippen LogP contribution in [-0.4, -0.2) is 10.9 Å². The van der Waals surface area contributed by atoms with E-state index in [-0.39, 0.29) is 17.1 Å². The number of rotatable bonds is 2. The normalized spacial score (nSPS) is 15.6. The highest BCUT2D eigenvalue weighted by molar-refractivity contribution is 7.22. The Labute approximate surface area is 191 Å². The smallest absolute Gasteiger partial charge is 0.297 e. The Morgan fingerprint density at radius 2 is 1.88 bits per heavy atom. The molecular formula is C25H15ClN2O3S. The van der Waals surface area contributed by atoms with Crippen molar-refractivity contribution < 1.29 is 9.21 Å². The lowest BCUT2D eigenvalue weighted by Gasteiger charge is -2.22. The molecule has 3 aromatic carbocycles. The maximum absolute atomic E-state index is 13.6. The van der Waals surface area contributed by atoms with Gasteiger partial charge in [0, 0.05) is 5.02 Å². The molecule has 0 spiro atoms. The van der Waals surface area contributed by atoms with Crippen LogP contribution in [0.3, 0.4) is 0 Å². The standard InChI is InChI=1S/C25H15ClN2O3S/c1-13-9-10-17-19(11-13)32-25(27-17)28-21(14-5-4-6-15(26)12-14)20-22(29)16-7-2-3-8-18(16)31-23(20)24(28)30/h2-12,21H,1H3/t21-/m1/s1. The summed E-state index contributed by atoms with van der Waals surface area (Å²) in [5.74, 6) is -0.335. The van der Waals surface area contributed by atoms with Gasteiger partial charge in [-0.15, -0.1) is 0 Å². The number of hydrogen-bond acceptors (Lipinski definition) is 5. The molecule has 6 rings (SSSR count). The maximum Gasteiger partial charge on any atom is 0.297 e. The second-order valence-corrected chi connectivity index (χ2v) is 9.22. The lowest BCUT2D eigenvalue weighted by Crippen LogP contribution is -2.29. The Kier molecular flexibility index (Phi) is 4.22. The van der Waals surface area contributed by atoms with Crippen LogP contribution in [0.15, 0.2) is 75.9 Å². The van der Waals surface area contributed by atoms with Gasteiger partial charge < -0.3 is 4.42 Å². The fraction of sp³-hybridized carbons (Fsp3) is 0.0800. The fourth-order valence-corrected chi connectivity index (χ4v) is 5.52. The predicted molar refractivity (Wildman–Crippen MR) is 127 cm³/mol. The summed E-state index contributed by atoms with van der Waals surface area (Å²) in [6, 6.07) is 19.4. The van der Waals surface area contributed by atoms with Crippen LogP contribution in [0.1, 0.15) is 33.3 Å². The van der Waals surface area contributed by atoms with Crippen molar-refractivity contribution in [1.29, 1.82) is 0 Å². The zero-order valence-electron chi connectivity index (χ0n) is 16.8. The molecule has 0 saturated carbocycles. The van der Waals surface area contributed by atoms with Crippen LogP contribution in [0.5, 0.6) is 0 Å². The maximum atomic E-state index is 13.6. The molecule has 0 N–H and O–H groups in total. The first-order chi connectivity index (χ1) is 15.5. The van der Waals surface area contributed by atoms with E-state index >= 15 is 0 Å². The Hall–Kier alpha value is -3.48. The van der Waals surface area contributed by atoms with E-state index in [9.17, 15) is 9.59 Å². The number of anilines is 1. The number of carbonyl (C=O) groups excluding carboxylic acids is 1. The van der Waals surface area contributed by atoms with Gasteiger partial charge in [-0.1, -0.05) is 53.3 Å². The second-order valence-electron chi connectivity index (χ2n) is 7.77. The number of thiazole rings is 1. The molecule has 0 bridgehead atoms. The van der Waals surface area contributed by atoms with Crippen LogP contribution < -0.4 is 10.3 Å². The number of nitrogens with zero attached hydrogens (tertiary/aromatic N) is 2. The van der Waals surface area contributed by atoms with Crippen molar-refractivity contribution in [2.24, 2.45) is 0 Å². The van der Waals surface area contributed by atoms with Gasteiger partial charge in [-0.25, -0.2) is 4.98 Å². The molecule has 2 aromatic heterocycles. The number of amides is 1. The number of halogens is 1. The molecule has 1 aliphatic heterocycles. The van der Waals surface area contributed by atoms with Crippen LogP contribution in [0, 0.1) is 6.92 Å². The first-order valence-corrected chi connectivity index (χ1v) is 11.2. The molecule has 5 nitrogen and oxygen atoms in total. The average Bonchev–Trinajstić information content (AvgIpc) is 3.32. The number of para-hydroxylation sites is 1. The monoisotopic (exact) mass is 458 g/mol. The molecule has 1 aliphatic rings. The number of aromatic nitrogens is 1. The van der Waals surface area contributed by atoms with Crippen LogP contribution in [-0.2, 0) is 0 Å². The zero-order valence-corrected chi connectivity index (χ0v) is 18.4. The Morgan fingerprint density at radius 3 is 2.72 bits per heavy atom. The number of aryl methyl sites for hydroxylation is 1. The minimum Gasteiger partial charge on any atom is -0.450 e. The summed E-state index contributed by atoms with van der Waals surface area (Å²) in [6.45, 7) is 2.01. The van der Waals surface area contributed by atoms with Gasteiger partial charge in [0.15, 0.2) is 10.6 Å². The number of fused-ring (bicyclic) bond motifs is 3. The fourth-order valence-electron chi connectivity index (χ4n) is 4.23. The molecule has 1 atom stereocenters. The zero-order chi connectivity index (χ0) is 22.0. The average molecular weight is 459 g/mol. The molecule has 1 amide bonds. The van der Waals surface area contributed by atoms with Gasteiger partial charge in [-0.3, -0.25) is 14.5 Å². The molecule has 156 valence electrons. The van der Waals surface area contributed by atoms with Gasteiger partial charge in [0.05, 0.1) is 27.2 Å². The van der Waals surface area contributed by atoms with Crippen molar-refractivity contribution in [3.05, 3.63) is 104 Å². The van der Waals surface area contributed by atoms with Crippen molar-refractivity contribution in [3.8, 4) is 0 Å². The third-order valence-corrected chi connectivity index (χ3v) is 6.93. The molecule has 0 aliphatic carbocycles. The summed E-state index contributed by atoms with van der Waals surface area (Å²) < 4.78 is 6.95. The quantitative estimate of drug-likeness (QED) is 0.320. The first-order valence-electron chi connectivity index (χ1n) is 10.0.